The molecule has 0 radical (unpaired) electrons. The summed E-state index contributed by atoms with van der Waals surface area (Å²) in [4.78, 5) is 11.4. The van der Waals surface area contributed by atoms with Crippen LogP contribution in [0.3, 0.4) is 0 Å². The standard InChI is InChI=1S/C26H18ClF3N2O2/c27-22-15-16(19-5-1-3-7-21(19)26(28,29)30)9-14-24(22)32-18-12-10-17(11-13-18)31-23-8-4-2-6-20(23)25(33)34/h1-15,31-32H,(H,33,34). The number of anilines is 4. The number of rotatable bonds is 6. The van der Waals surface area contributed by atoms with Crippen LogP contribution in [0.1, 0.15) is 15.9 Å². The molecule has 0 spiro atoms. The summed E-state index contributed by atoms with van der Waals surface area (Å²) in [6, 6.07) is 23.7. The maximum Gasteiger partial charge on any atom is 0.417 e. The van der Waals surface area contributed by atoms with Crippen molar-refractivity contribution in [2.24, 2.45) is 0 Å². The van der Waals surface area contributed by atoms with E-state index in [1.54, 1.807) is 60.7 Å². The largest absolute Gasteiger partial charge is 0.478 e. The Morgan fingerprint density at radius 1 is 0.765 bits per heavy atom. The van der Waals surface area contributed by atoms with Gasteiger partial charge in [0, 0.05) is 11.4 Å². The second-order valence-corrected chi connectivity index (χ2v) is 7.82. The number of halogens is 4. The van der Waals surface area contributed by atoms with E-state index in [9.17, 15) is 23.1 Å². The van der Waals surface area contributed by atoms with Gasteiger partial charge in [-0.05, 0) is 65.7 Å². The molecular weight excluding hydrogens is 465 g/mol. The molecule has 0 aromatic heterocycles. The first-order valence-electron chi connectivity index (χ1n) is 10.1. The van der Waals surface area contributed by atoms with E-state index in [-0.39, 0.29) is 16.1 Å². The molecule has 34 heavy (non-hydrogen) atoms. The topological polar surface area (TPSA) is 61.4 Å². The van der Waals surface area contributed by atoms with Gasteiger partial charge in [0.1, 0.15) is 0 Å². The maximum absolute atomic E-state index is 13.4. The van der Waals surface area contributed by atoms with Crippen LogP contribution in [0.5, 0.6) is 0 Å². The van der Waals surface area contributed by atoms with Gasteiger partial charge in [-0.3, -0.25) is 0 Å². The van der Waals surface area contributed by atoms with Crippen LogP contribution < -0.4 is 10.6 Å². The summed E-state index contributed by atoms with van der Waals surface area (Å²) in [6.07, 6.45) is -4.47. The van der Waals surface area contributed by atoms with Crippen molar-refractivity contribution in [3.8, 4) is 11.1 Å². The van der Waals surface area contributed by atoms with Gasteiger partial charge in [0.2, 0.25) is 0 Å². The average molecular weight is 483 g/mol. The first-order chi connectivity index (χ1) is 16.2. The summed E-state index contributed by atoms with van der Waals surface area (Å²) in [6.45, 7) is 0. The molecule has 4 aromatic rings. The Morgan fingerprint density at radius 2 is 1.35 bits per heavy atom. The fourth-order valence-electron chi connectivity index (χ4n) is 3.49. The first kappa shape index (κ1) is 23.2. The van der Waals surface area contributed by atoms with Crippen molar-refractivity contribution >= 4 is 40.3 Å². The van der Waals surface area contributed by atoms with Crippen LogP contribution in [-0.4, -0.2) is 11.1 Å². The highest BCUT2D eigenvalue weighted by Crippen LogP contribution is 2.39. The lowest BCUT2D eigenvalue weighted by atomic mass is 9.99. The SMILES string of the molecule is O=C(O)c1ccccc1Nc1ccc(Nc2ccc(-c3ccccc3C(F)(F)F)cc2Cl)cc1. The minimum atomic E-state index is -4.47. The molecule has 0 heterocycles. The number of carboxylic acid groups (broad SMARTS) is 1. The lowest BCUT2D eigenvalue weighted by molar-refractivity contribution is -0.137. The van der Waals surface area contributed by atoms with Crippen LogP contribution in [0.4, 0.5) is 35.9 Å². The molecule has 0 atom stereocenters. The summed E-state index contributed by atoms with van der Waals surface area (Å²) in [7, 11) is 0. The Bertz CT molecular complexity index is 1340. The van der Waals surface area contributed by atoms with Crippen molar-refractivity contribution in [3.63, 3.8) is 0 Å². The molecule has 0 amide bonds. The van der Waals surface area contributed by atoms with Gasteiger partial charge in [0.05, 0.1) is 27.5 Å². The van der Waals surface area contributed by atoms with Gasteiger partial charge in [-0.15, -0.1) is 0 Å². The molecule has 0 unspecified atom stereocenters. The average Bonchev–Trinajstić information content (AvgIpc) is 2.81. The first-order valence-corrected chi connectivity index (χ1v) is 10.5. The summed E-state index contributed by atoms with van der Waals surface area (Å²) in [5.41, 5.74) is 2.23. The number of alkyl halides is 3. The molecule has 4 aromatic carbocycles. The quantitative estimate of drug-likeness (QED) is 0.259. The van der Waals surface area contributed by atoms with E-state index in [4.69, 9.17) is 11.6 Å². The third-order valence-electron chi connectivity index (χ3n) is 5.11. The summed E-state index contributed by atoms with van der Waals surface area (Å²) < 4.78 is 40.1. The molecule has 0 saturated heterocycles. The molecule has 0 aliphatic heterocycles. The second kappa shape index (κ2) is 9.49. The fourth-order valence-corrected chi connectivity index (χ4v) is 3.72. The Balaban J connectivity index is 1.52. The highest BCUT2D eigenvalue weighted by atomic mass is 35.5. The minimum absolute atomic E-state index is 0.0560. The zero-order chi connectivity index (χ0) is 24.3. The van der Waals surface area contributed by atoms with Gasteiger partial charge in [-0.2, -0.15) is 13.2 Å². The van der Waals surface area contributed by atoms with Crippen LogP contribution in [0.15, 0.2) is 91.0 Å². The number of hydrogen-bond donors (Lipinski definition) is 3. The second-order valence-electron chi connectivity index (χ2n) is 7.42. The van der Waals surface area contributed by atoms with E-state index < -0.39 is 17.7 Å². The van der Waals surface area contributed by atoms with Gasteiger partial charge in [-0.1, -0.05) is 48.0 Å². The molecule has 0 aliphatic rings. The zero-order valence-corrected chi connectivity index (χ0v) is 18.3. The minimum Gasteiger partial charge on any atom is -0.478 e. The molecule has 4 rings (SSSR count). The molecular formula is C26H18ClF3N2O2. The van der Waals surface area contributed by atoms with Crippen molar-refractivity contribution in [2.75, 3.05) is 10.6 Å². The number of carboxylic acids is 1. The molecule has 172 valence electrons. The molecule has 0 bridgehead atoms. The van der Waals surface area contributed by atoms with Gasteiger partial charge in [0.25, 0.3) is 0 Å². The zero-order valence-electron chi connectivity index (χ0n) is 17.5. The number of para-hydroxylation sites is 1. The smallest absolute Gasteiger partial charge is 0.417 e. The summed E-state index contributed by atoms with van der Waals surface area (Å²) >= 11 is 6.37. The van der Waals surface area contributed by atoms with Crippen molar-refractivity contribution in [2.45, 2.75) is 6.18 Å². The van der Waals surface area contributed by atoms with E-state index >= 15 is 0 Å². The van der Waals surface area contributed by atoms with Crippen LogP contribution in [0, 0.1) is 0 Å². The lowest BCUT2D eigenvalue weighted by Gasteiger charge is -2.15. The number of aromatic carboxylic acids is 1. The Hall–Kier alpha value is -3.97. The summed E-state index contributed by atoms with van der Waals surface area (Å²) in [5.74, 6) is -1.03. The van der Waals surface area contributed by atoms with Crippen LogP contribution in [-0.2, 0) is 6.18 Å². The van der Waals surface area contributed by atoms with E-state index in [2.05, 4.69) is 10.6 Å². The van der Waals surface area contributed by atoms with Crippen LogP contribution in [0.25, 0.3) is 11.1 Å². The van der Waals surface area contributed by atoms with Crippen molar-refractivity contribution in [1.29, 1.82) is 0 Å². The molecule has 8 heteroatoms. The maximum atomic E-state index is 13.4. The van der Waals surface area contributed by atoms with Gasteiger partial charge < -0.3 is 15.7 Å². The van der Waals surface area contributed by atoms with Gasteiger partial charge >= 0.3 is 12.1 Å². The number of benzene rings is 4. The van der Waals surface area contributed by atoms with Crippen LogP contribution >= 0.6 is 11.6 Å². The predicted octanol–water partition coefficient (Wildman–Crippen LogP) is 8.21. The number of carbonyl (C=O) groups is 1. The third-order valence-corrected chi connectivity index (χ3v) is 5.43. The molecule has 0 fully saturated rings. The van der Waals surface area contributed by atoms with E-state index in [1.165, 1.54) is 24.3 Å². The fraction of sp³-hybridized carbons (Fsp3) is 0.0385. The Kier molecular flexibility index (Phi) is 6.47. The molecule has 0 saturated carbocycles. The normalized spacial score (nSPS) is 11.2. The van der Waals surface area contributed by atoms with E-state index in [0.717, 1.165) is 6.07 Å². The van der Waals surface area contributed by atoms with E-state index in [0.29, 0.717) is 28.3 Å². The predicted molar refractivity (Wildman–Crippen MR) is 128 cm³/mol. The Labute approximate surface area is 198 Å². The Morgan fingerprint density at radius 3 is 1.97 bits per heavy atom. The van der Waals surface area contributed by atoms with Crippen molar-refractivity contribution in [1.82, 2.24) is 0 Å². The monoisotopic (exact) mass is 482 g/mol. The van der Waals surface area contributed by atoms with Crippen molar-refractivity contribution in [3.05, 3.63) is 107 Å². The highest BCUT2D eigenvalue weighted by molar-refractivity contribution is 6.33. The number of nitrogens with one attached hydrogen (secondary N) is 2. The van der Waals surface area contributed by atoms with Crippen LogP contribution in [0.2, 0.25) is 5.02 Å². The van der Waals surface area contributed by atoms with Crippen molar-refractivity contribution < 1.29 is 23.1 Å². The van der Waals surface area contributed by atoms with Gasteiger partial charge in [-0.25, -0.2) is 4.79 Å². The third kappa shape index (κ3) is 5.15. The number of hydrogen-bond acceptors (Lipinski definition) is 3. The molecule has 0 aliphatic carbocycles. The molecule has 4 nitrogen and oxygen atoms in total. The van der Waals surface area contributed by atoms with Gasteiger partial charge in [0.15, 0.2) is 0 Å². The summed E-state index contributed by atoms with van der Waals surface area (Å²) in [5, 5.41) is 15.8. The lowest BCUT2D eigenvalue weighted by Crippen LogP contribution is -2.06. The van der Waals surface area contributed by atoms with E-state index in [1.807, 2.05) is 0 Å². The molecule has 3 N–H and O–H groups in total. The highest BCUT2D eigenvalue weighted by Gasteiger charge is 2.33.